The molecule has 1 unspecified atom stereocenters. The lowest BCUT2D eigenvalue weighted by atomic mass is 9.95. The van der Waals surface area contributed by atoms with E-state index in [4.69, 9.17) is 23.1 Å². The standard InChI is InChI=1S/C11H17ClN2/c1-6(2)11(14)8-4-7(3)10(13)5-9(8)12/h4-6,11H,13-14H2,1-3H3. The van der Waals surface area contributed by atoms with E-state index in [-0.39, 0.29) is 6.04 Å². The zero-order valence-electron chi connectivity index (χ0n) is 8.84. The van der Waals surface area contributed by atoms with Crippen molar-refractivity contribution in [2.24, 2.45) is 11.7 Å². The Hall–Kier alpha value is -0.730. The fraction of sp³-hybridized carbons (Fsp3) is 0.455. The number of aryl methyl sites for hydroxylation is 1. The average molecular weight is 213 g/mol. The first kappa shape index (κ1) is 11.3. The molecule has 0 bridgehead atoms. The molecule has 78 valence electrons. The quantitative estimate of drug-likeness (QED) is 0.741. The highest BCUT2D eigenvalue weighted by Crippen LogP contribution is 2.29. The molecule has 14 heavy (non-hydrogen) atoms. The maximum atomic E-state index is 6.08. The summed E-state index contributed by atoms with van der Waals surface area (Å²) in [5.74, 6) is 0.371. The van der Waals surface area contributed by atoms with Crippen molar-refractivity contribution in [1.82, 2.24) is 0 Å². The lowest BCUT2D eigenvalue weighted by molar-refractivity contribution is 0.514. The van der Waals surface area contributed by atoms with E-state index in [9.17, 15) is 0 Å². The number of nitrogens with two attached hydrogens (primary N) is 2. The van der Waals surface area contributed by atoms with Gasteiger partial charge in [0, 0.05) is 16.8 Å². The first-order chi connectivity index (χ1) is 6.43. The molecule has 0 amide bonds. The van der Waals surface area contributed by atoms with Crippen molar-refractivity contribution in [3.8, 4) is 0 Å². The Labute approximate surface area is 90.2 Å². The van der Waals surface area contributed by atoms with Crippen molar-refractivity contribution < 1.29 is 0 Å². The van der Waals surface area contributed by atoms with Crippen LogP contribution in [0.3, 0.4) is 0 Å². The lowest BCUT2D eigenvalue weighted by Gasteiger charge is -2.18. The molecule has 0 fully saturated rings. The molecular formula is C11H17ClN2. The Kier molecular flexibility index (Phi) is 3.40. The van der Waals surface area contributed by atoms with Crippen LogP contribution >= 0.6 is 11.6 Å². The predicted molar refractivity (Wildman–Crippen MR) is 62.4 cm³/mol. The molecule has 3 heteroatoms. The molecule has 0 spiro atoms. The van der Waals surface area contributed by atoms with E-state index in [0.29, 0.717) is 10.9 Å². The summed E-state index contributed by atoms with van der Waals surface area (Å²) in [6.07, 6.45) is 0. The highest BCUT2D eigenvalue weighted by atomic mass is 35.5. The summed E-state index contributed by atoms with van der Waals surface area (Å²) >= 11 is 6.08. The van der Waals surface area contributed by atoms with Crippen LogP contribution in [-0.2, 0) is 0 Å². The molecule has 1 aromatic carbocycles. The number of nitrogen functional groups attached to an aromatic ring is 1. The third-order valence-corrected chi connectivity index (χ3v) is 2.79. The van der Waals surface area contributed by atoms with Gasteiger partial charge in [0.2, 0.25) is 0 Å². The maximum absolute atomic E-state index is 6.08. The van der Waals surface area contributed by atoms with Gasteiger partial charge in [0.1, 0.15) is 0 Å². The van der Waals surface area contributed by atoms with Crippen molar-refractivity contribution in [3.63, 3.8) is 0 Å². The largest absolute Gasteiger partial charge is 0.398 e. The summed E-state index contributed by atoms with van der Waals surface area (Å²) < 4.78 is 0. The van der Waals surface area contributed by atoms with Gasteiger partial charge >= 0.3 is 0 Å². The van der Waals surface area contributed by atoms with Crippen LogP contribution in [0.25, 0.3) is 0 Å². The van der Waals surface area contributed by atoms with Crippen molar-refractivity contribution in [1.29, 1.82) is 0 Å². The van der Waals surface area contributed by atoms with E-state index in [1.54, 1.807) is 6.07 Å². The maximum Gasteiger partial charge on any atom is 0.0474 e. The van der Waals surface area contributed by atoms with Gasteiger partial charge < -0.3 is 11.5 Å². The molecule has 0 radical (unpaired) electrons. The second-order valence-electron chi connectivity index (χ2n) is 4.00. The SMILES string of the molecule is Cc1cc(C(N)C(C)C)c(Cl)cc1N. The minimum atomic E-state index is -0.0261. The van der Waals surface area contributed by atoms with Gasteiger partial charge in [-0.15, -0.1) is 0 Å². The van der Waals surface area contributed by atoms with Crippen LogP contribution in [0.5, 0.6) is 0 Å². The summed E-state index contributed by atoms with van der Waals surface area (Å²) in [7, 11) is 0. The first-order valence-electron chi connectivity index (χ1n) is 4.74. The topological polar surface area (TPSA) is 52.0 Å². The molecule has 0 aliphatic heterocycles. The van der Waals surface area contributed by atoms with Gasteiger partial charge in [-0.1, -0.05) is 31.5 Å². The molecule has 0 aromatic heterocycles. The highest BCUT2D eigenvalue weighted by Gasteiger charge is 2.14. The fourth-order valence-electron chi connectivity index (χ4n) is 1.33. The molecule has 4 N–H and O–H groups in total. The second kappa shape index (κ2) is 4.20. The smallest absolute Gasteiger partial charge is 0.0474 e. The summed E-state index contributed by atoms with van der Waals surface area (Å²) in [5, 5.41) is 0.661. The molecule has 0 aliphatic rings. The summed E-state index contributed by atoms with van der Waals surface area (Å²) in [5.41, 5.74) is 14.5. The van der Waals surface area contributed by atoms with E-state index >= 15 is 0 Å². The average Bonchev–Trinajstić information content (AvgIpc) is 2.10. The van der Waals surface area contributed by atoms with Gasteiger partial charge in [-0.25, -0.2) is 0 Å². The molecular weight excluding hydrogens is 196 g/mol. The third kappa shape index (κ3) is 2.20. The Morgan fingerprint density at radius 3 is 2.36 bits per heavy atom. The van der Waals surface area contributed by atoms with Crippen LogP contribution in [0, 0.1) is 12.8 Å². The molecule has 0 saturated heterocycles. The molecule has 2 nitrogen and oxygen atoms in total. The van der Waals surface area contributed by atoms with Crippen molar-refractivity contribution in [2.45, 2.75) is 26.8 Å². The van der Waals surface area contributed by atoms with Crippen LogP contribution in [-0.4, -0.2) is 0 Å². The van der Waals surface area contributed by atoms with Crippen molar-refractivity contribution in [3.05, 3.63) is 28.3 Å². The van der Waals surface area contributed by atoms with E-state index in [1.165, 1.54) is 0 Å². The van der Waals surface area contributed by atoms with Crippen LogP contribution in [0.4, 0.5) is 5.69 Å². The van der Waals surface area contributed by atoms with Crippen LogP contribution in [0.15, 0.2) is 12.1 Å². The van der Waals surface area contributed by atoms with Crippen LogP contribution in [0.1, 0.15) is 31.0 Å². The van der Waals surface area contributed by atoms with Gasteiger partial charge in [-0.3, -0.25) is 0 Å². The van der Waals surface area contributed by atoms with Crippen molar-refractivity contribution >= 4 is 17.3 Å². The van der Waals surface area contributed by atoms with Gasteiger partial charge in [0.05, 0.1) is 0 Å². The molecule has 0 heterocycles. The number of benzene rings is 1. The van der Waals surface area contributed by atoms with E-state index in [2.05, 4.69) is 13.8 Å². The number of hydrogen-bond acceptors (Lipinski definition) is 2. The Morgan fingerprint density at radius 2 is 1.86 bits per heavy atom. The van der Waals surface area contributed by atoms with E-state index in [0.717, 1.165) is 16.8 Å². The van der Waals surface area contributed by atoms with Gasteiger partial charge in [0.25, 0.3) is 0 Å². The van der Waals surface area contributed by atoms with Gasteiger partial charge in [-0.2, -0.15) is 0 Å². The van der Waals surface area contributed by atoms with Crippen LogP contribution in [0.2, 0.25) is 5.02 Å². The van der Waals surface area contributed by atoms with Gasteiger partial charge in [0.15, 0.2) is 0 Å². The number of anilines is 1. The monoisotopic (exact) mass is 212 g/mol. The van der Waals surface area contributed by atoms with Gasteiger partial charge in [-0.05, 0) is 30.0 Å². The van der Waals surface area contributed by atoms with E-state index in [1.807, 2.05) is 13.0 Å². The third-order valence-electron chi connectivity index (χ3n) is 2.46. The zero-order chi connectivity index (χ0) is 10.9. The highest BCUT2D eigenvalue weighted by molar-refractivity contribution is 6.31. The Morgan fingerprint density at radius 1 is 1.29 bits per heavy atom. The summed E-state index contributed by atoms with van der Waals surface area (Å²) in [4.78, 5) is 0. The lowest BCUT2D eigenvalue weighted by Crippen LogP contribution is -2.17. The normalized spacial score (nSPS) is 13.3. The minimum Gasteiger partial charge on any atom is -0.398 e. The molecule has 1 atom stereocenters. The molecule has 1 rings (SSSR count). The fourth-order valence-corrected chi connectivity index (χ4v) is 1.63. The molecule has 0 aliphatic carbocycles. The van der Waals surface area contributed by atoms with Crippen LogP contribution < -0.4 is 11.5 Å². The Balaban J connectivity index is 3.15. The number of rotatable bonds is 2. The number of hydrogen-bond donors (Lipinski definition) is 2. The van der Waals surface area contributed by atoms with Crippen molar-refractivity contribution in [2.75, 3.05) is 5.73 Å². The van der Waals surface area contributed by atoms with E-state index < -0.39 is 0 Å². The Bertz CT molecular complexity index is 334. The predicted octanol–water partition coefficient (Wildman–Crippen LogP) is 2.89. The molecule has 0 saturated carbocycles. The zero-order valence-corrected chi connectivity index (χ0v) is 9.60. The number of halogens is 1. The second-order valence-corrected chi connectivity index (χ2v) is 4.41. The minimum absolute atomic E-state index is 0.0261. The first-order valence-corrected chi connectivity index (χ1v) is 5.12. The molecule has 1 aromatic rings. The summed E-state index contributed by atoms with van der Waals surface area (Å²) in [6, 6.07) is 3.72. The summed E-state index contributed by atoms with van der Waals surface area (Å²) in [6.45, 7) is 6.11.